The predicted molar refractivity (Wildman–Crippen MR) is 144 cm³/mol. The van der Waals surface area contributed by atoms with E-state index < -0.39 is 0 Å². The highest BCUT2D eigenvalue weighted by molar-refractivity contribution is 5.83. The van der Waals surface area contributed by atoms with Gasteiger partial charge in [0.1, 0.15) is 11.5 Å². The summed E-state index contributed by atoms with van der Waals surface area (Å²) in [5.74, 6) is 1.81. The SMILES string of the molecule is CCCCCOc1ccc(/C=N\c2ccc(/N=C\c3ccc(OCCCCC)cc3)cc2)cc1. The highest BCUT2D eigenvalue weighted by Gasteiger charge is 1.97. The standard InChI is InChI=1S/C30H36N2O2/c1-3-5-7-21-33-29-17-9-25(10-18-29)23-31-27-13-15-28(16-14-27)32-24-26-11-19-30(20-12-26)34-22-8-6-4-2/h9-20,23-24H,3-8,21-22H2,1-2H3/b31-23-,32-24-. The van der Waals surface area contributed by atoms with Crippen molar-refractivity contribution in [2.75, 3.05) is 13.2 Å². The lowest BCUT2D eigenvalue weighted by Gasteiger charge is -2.05. The molecule has 0 atom stereocenters. The number of rotatable bonds is 14. The summed E-state index contributed by atoms with van der Waals surface area (Å²) < 4.78 is 11.5. The Morgan fingerprint density at radius 2 is 0.912 bits per heavy atom. The molecule has 0 unspecified atom stereocenters. The molecule has 0 aliphatic carbocycles. The fourth-order valence-electron chi connectivity index (χ4n) is 3.31. The van der Waals surface area contributed by atoms with E-state index in [1.807, 2.05) is 85.2 Å². The topological polar surface area (TPSA) is 43.2 Å². The zero-order chi connectivity index (χ0) is 23.8. The zero-order valence-corrected chi connectivity index (χ0v) is 20.5. The van der Waals surface area contributed by atoms with Gasteiger partial charge in [-0.2, -0.15) is 0 Å². The van der Waals surface area contributed by atoms with Crippen LogP contribution in [0.3, 0.4) is 0 Å². The van der Waals surface area contributed by atoms with Gasteiger partial charge in [-0.05, 0) is 96.8 Å². The van der Waals surface area contributed by atoms with Gasteiger partial charge in [-0.15, -0.1) is 0 Å². The van der Waals surface area contributed by atoms with E-state index >= 15 is 0 Å². The predicted octanol–water partition coefficient (Wildman–Crippen LogP) is 8.33. The second-order valence-corrected chi connectivity index (χ2v) is 8.28. The van der Waals surface area contributed by atoms with Crippen molar-refractivity contribution in [3.63, 3.8) is 0 Å². The van der Waals surface area contributed by atoms with Gasteiger partial charge in [0.05, 0.1) is 24.6 Å². The molecule has 3 rings (SSSR count). The van der Waals surface area contributed by atoms with Crippen LogP contribution in [0.15, 0.2) is 82.8 Å². The Balaban J connectivity index is 1.47. The van der Waals surface area contributed by atoms with Crippen molar-refractivity contribution in [1.29, 1.82) is 0 Å². The van der Waals surface area contributed by atoms with Crippen LogP contribution in [-0.2, 0) is 0 Å². The second-order valence-electron chi connectivity index (χ2n) is 8.28. The highest BCUT2D eigenvalue weighted by atomic mass is 16.5. The van der Waals surface area contributed by atoms with Crippen molar-refractivity contribution in [1.82, 2.24) is 0 Å². The van der Waals surface area contributed by atoms with Crippen molar-refractivity contribution in [2.45, 2.75) is 52.4 Å². The molecule has 0 aromatic heterocycles. The van der Waals surface area contributed by atoms with Gasteiger partial charge < -0.3 is 9.47 Å². The van der Waals surface area contributed by atoms with Gasteiger partial charge in [0.2, 0.25) is 0 Å². The molecule has 4 heteroatoms. The molecule has 4 nitrogen and oxygen atoms in total. The maximum atomic E-state index is 5.76. The maximum absolute atomic E-state index is 5.76. The molecule has 0 radical (unpaired) electrons. The van der Waals surface area contributed by atoms with Gasteiger partial charge in [-0.25, -0.2) is 0 Å². The van der Waals surface area contributed by atoms with E-state index in [0.717, 1.165) is 60.1 Å². The zero-order valence-electron chi connectivity index (χ0n) is 20.5. The number of hydrogen-bond acceptors (Lipinski definition) is 4. The van der Waals surface area contributed by atoms with Crippen LogP contribution >= 0.6 is 0 Å². The third-order valence-electron chi connectivity index (χ3n) is 5.37. The van der Waals surface area contributed by atoms with Crippen molar-refractivity contribution < 1.29 is 9.47 Å². The minimum absolute atomic E-state index is 0.773. The van der Waals surface area contributed by atoms with Gasteiger partial charge in [0, 0.05) is 12.4 Å². The fraction of sp³-hybridized carbons (Fsp3) is 0.333. The van der Waals surface area contributed by atoms with Crippen molar-refractivity contribution in [2.24, 2.45) is 9.98 Å². The first-order valence-corrected chi connectivity index (χ1v) is 12.4. The summed E-state index contributed by atoms with van der Waals surface area (Å²) in [5, 5.41) is 0. The van der Waals surface area contributed by atoms with E-state index in [0.29, 0.717) is 0 Å². The lowest BCUT2D eigenvalue weighted by molar-refractivity contribution is 0.306. The minimum atomic E-state index is 0.773. The largest absolute Gasteiger partial charge is 0.494 e. The molecular weight excluding hydrogens is 420 g/mol. The lowest BCUT2D eigenvalue weighted by atomic mass is 10.2. The molecule has 0 spiro atoms. The van der Waals surface area contributed by atoms with Crippen molar-refractivity contribution in [3.05, 3.63) is 83.9 Å². The lowest BCUT2D eigenvalue weighted by Crippen LogP contribution is -1.96. The summed E-state index contributed by atoms with van der Waals surface area (Å²) in [5.41, 5.74) is 3.87. The second kappa shape index (κ2) is 14.7. The maximum Gasteiger partial charge on any atom is 0.119 e. The smallest absolute Gasteiger partial charge is 0.119 e. The summed E-state index contributed by atoms with van der Waals surface area (Å²) in [6.07, 6.45) is 10.7. The molecule has 0 fully saturated rings. The Bertz CT molecular complexity index is 923. The van der Waals surface area contributed by atoms with Gasteiger partial charge in [0.25, 0.3) is 0 Å². The average molecular weight is 457 g/mol. The van der Waals surface area contributed by atoms with Crippen molar-refractivity contribution >= 4 is 23.8 Å². The Labute approximate surface area is 204 Å². The normalized spacial score (nSPS) is 11.4. The third kappa shape index (κ3) is 9.22. The van der Waals surface area contributed by atoms with Crippen molar-refractivity contribution in [3.8, 4) is 11.5 Å². The minimum Gasteiger partial charge on any atom is -0.494 e. The number of benzene rings is 3. The van der Waals surface area contributed by atoms with E-state index in [1.54, 1.807) is 0 Å². The van der Waals surface area contributed by atoms with E-state index in [1.165, 1.54) is 25.7 Å². The first kappa shape index (κ1) is 25.2. The van der Waals surface area contributed by atoms with Gasteiger partial charge in [-0.3, -0.25) is 9.98 Å². The number of aliphatic imine (C=N–C) groups is 2. The number of nitrogens with zero attached hydrogens (tertiary/aromatic N) is 2. The molecular formula is C30H36N2O2. The summed E-state index contributed by atoms with van der Waals surface area (Å²) in [7, 11) is 0. The molecule has 0 saturated heterocycles. The van der Waals surface area contributed by atoms with Crippen LogP contribution in [0.2, 0.25) is 0 Å². The van der Waals surface area contributed by atoms with Crippen LogP contribution in [0.1, 0.15) is 63.5 Å². The number of hydrogen-bond donors (Lipinski definition) is 0. The monoisotopic (exact) mass is 456 g/mol. The summed E-state index contributed by atoms with van der Waals surface area (Å²) >= 11 is 0. The van der Waals surface area contributed by atoms with Crippen LogP contribution in [0, 0.1) is 0 Å². The number of unbranched alkanes of at least 4 members (excludes halogenated alkanes) is 4. The van der Waals surface area contributed by atoms with Crippen LogP contribution in [0.4, 0.5) is 11.4 Å². The number of ether oxygens (including phenoxy) is 2. The first-order valence-electron chi connectivity index (χ1n) is 12.4. The van der Waals surface area contributed by atoms with Gasteiger partial charge >= 0.3 is 0 Å². The van der Waals surface area contributed by atoms with Crippen LogP contribution in [0.25, 0.3) is 0 Å². The van der Waals surface area contributed by atoms with Gasteiger partial charge in [-0.1, -0.05) is 39.5 Å². The Hall–Kier alpha value is -3.40. The fourth-order valence-corrected chi connectivity index (χ4v) is 3.31. The summed E-state index contributed by atoms with van der Waals surface area (Å²) in [6, 6.07) is 24.0. The van der Waals surface area contributed by atoms with Crippen LogP contribution in [0.5, 0.6) is 11.5 Å². The molecule has 0 amide bonds. The van der Waals surface area contributed by atoms with Crippen LogP contribution < -0.4 is 9.47 Å². The molecule has 0 heterocycles. The molecule has 0 bridgehead atoms. The Morgan fingerprint density at radius 3 is 1.26 bits per heavy atom. The molecule has 3 aromatic carbocycles. The Kier molecular flexibility index (Phi) is 10.9. The molecule has 0 N–H and O–H groups in total. The summed E-state index contributed by atoms with van der Waals surface area (Å²) in [6.45, 7) is 5.94. The molecule has 3 aromatic rings. The average Bonchev–Trinajstić information content (AvgIpc) is 2.89. The van der Waals surface area contributed by atoms with E-state index in [-0.39, 0.29) is 0 Å². The molecule has 0 aliphatic heterocycles. The van der Waals surface area contributed by atoms with Crippen LogP contribution in [-0.4, -0.2) is 25.6 Å². The molecule has 34 heavy (non-hydrogen) atoms. The van der Waals surface area contributed by atoms with E-state index in [2.05, 4.69) is 23.8 Å². The summed E-state index contributed by atoms with van der Waals surface area (Å²) in [4.78, 5) is 9.13. The Morgan fingerprint density at radius 1 is 0.529 bits per heavy atom. The third-order valence-corrected chi connectivity index (χ3v) is 5.37. The van der Waals surface area contributed by atoms with E-state index in [9.17, 15) is 0 Å². The molecule has 178 valence electrons. The highest BCUT2D eigenvalue weighted by Crippen LogP contribution is 2.20. The first-order chi connectivity index (χ1) is 16.8. The molecule has 0 aliphatic rings. The van der Waals surface area contributed by atoms with E-state index in [4.69, 9.17) is 9.47 Å². The quantitative estimate of drug-likeness (QED) is 0.181. The van der Waals surface area contributed by atoms with Gasteiger partial charge in [0.15, 0.2) is 0 Å². The molecule has 0 saturated carbocycles.